The molecule has 45 heavy (non-hydrogen) atoms. The number of nitro benzene ring substituents is 1. The fourth-order valence-electron chi connectivity index (χ4n) is 6.25. The van der Waals surface area contributed by atoms with E-state index in [-0.39, 0.29) is 23.4 Å². The lowest BCUT2D eigenvalue weighted by Gasteiger charge is -2.33. The van der Waals surface area contributed by atoms with Gasteiger partial charge in [-0.2, -0.15) is 0 Å². The van der Waals surface area contributed by atoms with Gasteiger partial charge in [0.25, 0.3) is 11.2 Å². The number of nitro groups is 1. The predicted molar refractivity (Wildman–Crippen MR) is 175 cm³/mol. The molecule has 11 heteroatoms. The zero-order valence-corrected chi connectivity index (χ0v) is 26.4. The molecule has 0 radical (unpaired) electrons. The summed E-state index contributed by atoms with van der Waals surface area (Å²) in [6.45, 7) is 7.50. The number of carbonyl (C=O) groups is 1. The minimum absolute atomic E-state index is 0.0537. The zero-order chi connectivity index (χ0) is 31.8. The number of non-ortho nitro benzene ring substituents is 1. The van der Waals surface area contributed by atoms with Crippen molar-refractivity contribution in [3.8, 4) is 5.75 Å². The van der Waals surface area contributed by atoms with Crippen LogP contribution in [0.2, 0.25) is 0 Å². The maximum Gasteiger partial charge on any atom is 0.338 e. The summed E-state index contributed by atoms with van der Waals surface area (Å²) in [5.41, 5.74) is 2.36. The average molecular weight is 627 g/mol. The highest BCUT2D eigenvalue weighted by Crippen LogP contribution is 2.40. The van der Waals surface area contributed by atoms with Crippen molar-refractivity contribution in [1.29, 1.82) is 0 Å². The number of carbonyl (C=O) groups excluding carboxylic acids is 1. The molecule has 0 aliphatic carbocycles. The van der Waals surface area contributed by atoms with Crippen LogP contribution in [-0.2, 0) is 9.53 Å². The van der Waals surface area contributed by atoms with E-state index in [2.05, 4.69) is 11.8 Å². The van der Waals surface area contributed by atoms with Gasteiger partial charge in [-0.15, -0.1) is 0 Å². The summed E-state index contributed by atoms with van der Waals surface area (Å²) in [4.78, 5) is 46.6. The lowest BCUT2D eigenvalue weighted by atomic mass is 9.90. The molecular formula is C34H34N4O6S. The van der Waals surface area contributed by atoms with Gasteiger partial charge < -0.3 is 14.4 Å². The van der Waals surface area contributed by atoms with Crippen LogP contribution in [0.4, 0.5) is 11.4 Å². The molecule has 4 aromatic rings. The van der Waals surface area contributed by atoms with Crippen LogP contribution in [0.1, 0.15) is 50.8 Å². The molecule has 2 aliphatic heterocycles. The summed E-state index contributed by atoms with van der Waals surface area (Å²) in [7, 11) is 1.56. The van der Waals surface area contributed by atoms with E-state index in [0.717, 1.165) is 42.4 Å². The second-order valence-corrected chi connectivity index (χ2v) is 12.4. The number of piperidine rings is 1. The first kappa shape index (κ1) is 30.3. The van der Waals surface area contributed by atoms with Gasteiger partial charge in [0.15, 0.2) is 4.80 Å². The monoisotopic (exact) mass is 626 g/mol. The van der Waals surface area contributed by atoms with Gasteiger partial charge in [0.1, 0.15) is 11.8 Å². The molecule has 0 amide bonds. The smallest absolute Gasteiger partial charge is 0.338 e. The number of anilines is 1. The van der Waals surface area contributed by atoms with E-state index >= 15 is 0 Å². The van der Waals surface area contributed by atoms with E-state index in [1.807, 2.05) is 36.4 Å². The molecule has 0 spiro atoms. The van der Waals surface area contributed by atoms with Gasteiger partial charge in [-0.1, -0.05) is 48.6 Å². The van der Waals surface area contributed by atoms with Crippen molar-refractivity contribution in [2.45, 2.75) is 39.7 Å². The minimum atomic E-state index is -0.878. The highest BCUT2D eigenvalue weighted by Gasteiger charge is 2.36. The third-order valence-corrected chi connectivity index (χ3v) is 9.56. The third-order valence-electron chi connectivity index (χ3n) is 8.57. The Labute approximate surface area is 263 Å². The number of fused-ring (bicyclic) bond motifs is 2. The van der Waals surface area contributed by atoms with Crippen molar-refractivity contribution in [3.05, 3.63) is 107 Å². The zero-order valence-electron chi connectivity index (χ0n) is 25.6. The van der Waals surface area contributed by atoms with Crippen LogP contribution < -0.4 is 24.5 Å². The van der Waals surface area contributed by atoms with Crippen molar-refractivity contribution < 1.29 is 19.2 Å². The fourth-order valence-corrected chi connectivity index (χ4v) is 7.29. The largest absolute Gasteiger partial charge is 0.496 e. The fraction of sp³-hybridized carbons (Fsp3) is 0.324. The summed E-state index contributed by atoms with van der Waals surface area (Å²) in [5, 5.41) is 13.5. The van der Waals surface area contributed by atoms with Crippen molar-refractivity contribution in [2.75, 3.05) is 31.7 Å². The standard InChI is InChI=1S/C34H34N4O6S/c1-5-44-33(40)29-21(3)35-34-37(31(29)30-25-9-7-6-8-22(25)10-13-27(30)43-4)32(39)28(45-34)19-23-18-24(38(41)42)11-12-26(23)36-16-14-20(2)15-17-36/h6-13,18-20,31H,5,14-17H2,1-4H3/b28-19+/t31-/m1/s1. The molecule has 1 atom stereocenters. The number of rotatable bonds is 7. The summed E-state index contributed by atoms with van der Waals surface area (Å²) in [6, 6.07) is 15.4. The van der Waals surface area contributed by atoms with E-state index in [0.29, 0.717) is 37.8 Å². The second kappa shape index (κ2) is 12.3. The van der Waals surface area contributed by atoms with Crippen LogP contribution in [0.3, 0.4) is 0 Å². The molecular weight excluding hydrogens is 592 g/mol. The number of hydrogen-bond acceptors (Lipinski definition) is 9. The van der Waals surface area contributed by atoms with Crippen LogP contribution in [0.5, 0.6) is 5.75 Å². The van der Waals surface area contributed by atoms with Crippen LogP contribution in [0.25, 0.3) is 16.8 Å². The lowest BCUT2D eigenvalue weighted by Crippen LogP contribution is -2.40. The molecule has 2 aliphatic rings. The molecule has 0 saturated carbocycles. The molecule has 6 rings (SSSR count). The first-order valence-electron chi connectivity index (χ1n) is 15.0. The number of thiazole rings is 1. The Bertz CT molecular complexity index is 2040. The molecule has 1 aromatic heterocycles. The number of methoxy groups -OCH3 is 1. The number of ether oxygens (including phenoxy) is 2. The van der Waals surface area contributed by atoms with Gasteiger partial charge in [-0.25, -0.2) is 9.79 Å². The topological polar surface area (TPSA) is 116 Å². The second-order valence-electron chi connectivity index (χ2n) is 11.4. The maximum absolute atomic E-state index is 14.4. The normalized spacial score (nSPS) is 17.3. The predicted octanol–water partition coefficient (Wildman–Crippen LogP) is 5.10. The number of esters is 1. The van der Waals surface area contributed by atoms with Crippen molar-refractivity contribution in [2.24, 2.45) is 10.9 Å². The maximum atomic E-state index is 14.4. The van der Waals surface area contributed by atoms with Gasteiger partial charge in [-0.3, -0.25) is 19.5 Å². The number of nitrogens with zero attached hydrogens (tertiary/aromatic N) is 4. The summed E-state index contributed by atoms with van der Waals surface area (Å²) < 4.78 is 13.2. The molecule has 3 aromatic carbocycles. The highest BCUT2D eigenvalue weighted by atomic mass is 32.1. The Balaban J connectivity index is 1.61. The molecule has 232 valence electrons. The van der Waals surface area contributed by atoms with Crippen LogP contribution in [0.15, 0.2) is 75.7 Å². The Morgan fingerprint density at radius 3 is 2.62 bits per heavy atom. The lowest BCUT2D eigenvalue weighted by molar-refractivity contribution is -0.384. The SMILES string of the molecule is CCOC(=O)C1=C(C)N=c2s/c(=C/c3cc([N+](=O)[O-])ccc3N3CCC(C)CC3)c(=O)n2[C@H]1c1c(OC)ccc2ccccc12. The minimum Gasteiger partial charge on any atom is -0.496 e. The average Bonchev–Trinajstić information content (AvgIpc) is 3.34. The van der Waals surface area contributed by atoms with Gasteiger partial charge >= 0.3 is 5.97 Å². The quantitative estimate of drug-likeness (QED) is 0.159. The third kappa shape index (κ3) is 5.52. The number of hydrogen-bond donors (Lipinski definition) is 0. The summed E-state index contributed by atoms with van der Waals surface area (Å²) in [6.07, 6.45) is 3.74. The Morgan fingerprint density at radius 2 is 1.91 bits per heavy atom. The van der Waals surface area contributed by atoms with Crippen molar-refractivity contribution >= 4 is 45.5 Å². The molecule has 0 unspecified atom stereocenters. The van der Waals surface area contributed by atoms with Crippen LogP contribution >= 0.6 is 11.3 Å². The van der Waals surface area contributed by atoms with Gasteiger partial charge in [0, 0.05) is 42.0 Å². The van der Waals surface area contributed by atoms with Crippen LogP contribution in [0, 0.1) is 16.0 Å². The first-order valence-corrected chi connectivity index (χ1v) is 15.8. The van der Waals surface area contributed by atoms with E-state index in [1.54, 1.807) is 33.1 Å². The number of aromatic nitrogens is 1. The van der Waals surface area contributed by atoms with E-state index in [4.69, 9.17) is 14.5 Å². The van der Waals surface area contributed by atoms with Crippen molar-refractivity contribution in [1.82, 2.24) is 4.57 Å². The van der Waals surface area contributed by atoms with Gasteiger partial charge in [0.05, 0.1) is 34.4 Å². The van der Waals surface area contributed by atoms with Crippen LogP contribution in [-0.4, -0.2) is 42.3 Å². The summed E-state index contributed by atoms with van der Waals surface area (Å²) >= 11 is 1.19. The molecule has 0 bridgehead atoms. The Kier molecular flexibility index (Phi) is 8.28. The Morgan fingerprint density at radius 1 is 1.16 bits per heavy atom. The molecule has 1 saturated heterocycles. The molecule has 3 heterocycles. The molecule has 0 N–H and O–H groups in total. The van der Waals surface area contributed by atoms with E-state index in [9.17, 15) is 19.7 Å². The van der Waals surface area contributed by atoms with E-state index < -0.39 is 16.9 Å². The number of allylic oxidation sites excluding steroid dienone is 1. The highest BCUT2D eigenvalue weighted by molar-refractivity contribution is 7.07. The summed E-state index contributed by atoms with van der Waals surface area (Å²) in [5.74, 6) is 0.563. The first-order chi connectivity index (χ1) is 21.7. The molecule has 10 nitrogen and oxygen atoms in total. The van der Waals surface area contributed by atoms with Crippen molar-refractivity contribution in [3.63, 3.8) is 0 Å². The van der Waals surface area contributed by atoms with Gasteiger partial charge in [-0.05, 0) is 61.6 Å². The molecule has 1 fully saturated rings. The number of benzene rings is 3. The van der Waals surface area contributed by atoms with E-state index in [1.165, 1.54) is 28.0 Å². The van der Waals surface area contributed by atoms with Gasteiger partial charge in [0.2, 0.25) is 0 Å². The Hall–Kier alpha value is -4.77.